The van der Waals surface area contributed by atoms with Crippen LogP contribution in [0.1, 0.15) is 15.2 Å². The van der Waals surface area contributed by atoms with E-state index in [1.807, 2.05) is 24.3 Å². The highest BCUT2D eigenvalue weighted by Gasteiger charge is 2.30. The number of pyridine rings is 1. The van der Waals surface area contributed by atoms with E-state index >= 15 is 0 Å². The van der Waals surface area contributed by atoms with Gasteiger partial charge in [0.05, 0.1) is 24.1 Å². The number of amides is 1. The summed E-state index contributed by atoms with van der Waals surface area (Å²) in [6, 6.07) is 15.4. The summed E-state index contributed by atoms with van der Waals surface area (Å²) in [7, 11) is 1.57. The molecule has 2 heterocycles. The van der Waals surface area contributed by atoms with E-state index in [4.69, 9.17) is 10.5 Å². The number of fused-ring (bicyclic) bond motifs is 1. The molecule has 0 saturated carbocycles. The molecule has 158 valence electrons. The Kier molecular flexibility index (Phi) is 5.28. The van der Waals surface area contributed by atoms with Gasteiger partial charge in [0.2, 0.25) is 0 Å². The number of carbonyl (C=O) groups is 1. The van der Waals surface area contributed by atoms with Gasteiger partial charge in [-0.05, 0) is 42.5 Å². The quantitative estimate of drug-likeness (QED) is 0.416. The lowest BCUT2D eigenvalue weighted by atomic mass is 10.1. The molecule has 2 aromatic heterocycles. The fourth-order valence-corrected chi connectivity index (χ4v) is 4.06. The van der Waals surface area contributed by atoms with Gasteiger partial charge in [-0.3, -0.25) is 4.79 Å². The molecule has 1 amide bonds. The molecular weight excluding hydrogens is 427 g/mol. The van der Waals surface area contributed by atoms with Crippen molar-refractivity contribution in [2.24, 2.45) is 0 Å². The first kappa shape index (κ1) is 20.7. The van der Waals surface area contributed by atoms with Crippen LogP contribution in [0.25, 0.3) is 21.5 Å². The van der Waals surface area contributed by atoms with Gasteiger partial charge >= 0.3 is 6.18 Å². The minimum absolute atomic E-state index is 0.0294. The summed E-state index contributed by atoms with van der Waals surface area (Å²) in [5.41, 5.74) is 7.06. The number of nitrogens with zero attached hydrogens (tertiary/aromatic N) is 1. The number of ether oxygens (including phenoxy) is 1. The normalized spacial score (nSPS) is 11.5. The number of benzene rings is 2. The molecule has 31 heavy (non-hydrogen) atoms. The van der Waals surface area contributed by atoms with Crippen LogP contribution in [0.15, 0.2) is 60.7 Å². The van der Waals surface area contributed by atoms with Crippen molar-refractivity contribution in [2.75, 3.05) is 18.2 Å². The zero-order valence-corrected chi connectivity index (χ0v) is 17.0. The van der Waals surface area contributed by atoms with Gasteiger partial charge in [0.15, 0.2) is 0 Å². The Hall–Kier alpha value is -3.59. The van der Waals surface area contributed by atoms with Gasteiger partial charge in [-0.1, -0.05) is 18.2 Å². The van der Waals surface area contributed by atoms with E-state index in [2.05, 4.69) is 10.3 Å². The highest BCUT2D eigenvalue weighted by atomic mass is 32.1. The van der Waals surface area contributed by atoms with E-state index in [1.54, 1.807) is 19.2 Å². The van der Waals surface area contributed by atoms with Crippen LogP contribution in [-0.2, 0) is 6.18 Å². The van der Waals surface area contributed by atoms with E-state index in [-0.39, 0.29) is 16.3 Å². The standard InChI is InChI=1S/C22H16F3N3O2S/c1-30-15-7-2-4-12(10-15)17-9-8-16-18(26)19(31-21(16)28-17)20(29)27-14-6-3-5-13(11-14)22(23,24)25/h2-11H,26H2,1H3,(H,27,29). The SMILES string of the molecule is COc1cccc(-c2ccc3c(N)c(C(=O)Nc4cccc(C(F)(F)F)c4)sc3n2)c1. The van der Waals surface area contributed by atoms with Gasteiger partial charge in [0, 0.05) is 16.6 Å². The molecule has 9 heteroatoms. The number of carbonyl (C=O) groups excluding carboxylic acids is 1. The molecule has 0 aliphatic heterocycles. The number of halogens is 3. The molecule has 0 spiro atoms. The number of alkyl halides is 3. The smallest absolute Gasteiger partial charge is 0.416 e. The number of thiophene rings is 1. The number of hydrogen-bond acceptors (Lipinski definition) is 5. The lowest BCUT2D eigenvalue weighted by molar-refractivity contribution is -0.137. The Balaban J connectivity index is 1.65. The van der Waals surface area contributed by atoms with Crippen LogP contribution >= 0.6 is 11.3 Å². The molecule has 2 aromatic carbocycles. The predicted octanol–water partition coefficient (Wildman–Crippen LogP) is 5.83. The van der Waals surface area contributed by atoms with Crippen molar-refractivity contribution in [2.45, 2.75) is 6.18 Å². The molecule has 0 saturated heterocycles. The summed E-state index contributed by atoms with van der Waals surface area (Å²) in [6.45, 7) is 0. The lowest BCUT2D eigenvalue weighted by Gasteiger charge is -2.09. The molecule has 4 aromatic rings. The Labute approximate surface area is 179 Å². The van der Waals surface area contributed by atoms with E-state index < -0.39 is 17.6 Å². The summed E-state index contributed by atoms with van der Waals surface area (Å²) in [5.74, 6) is 0.0917. The summed E-state index contributed by atoms with van der Waals surface area (Å²) in [5, 5.41) is 3.08. The minimum atomic E-state index is -4.50. The molecule has 0 aliphatic carbocycles. The van der Waals surface area contributed by atoms with Crippen LogP contribution in [0.3, 0.4) is 0 Å². The van der Waals surface area contributed by atoms with Crippen molar-refractivity contribution in [1.82, 2.24) is 4.98 Å². The van der Waals surface area contributed by atoms with E-state index in [9.17, 15) is 18.0 Å². The summed E-state index contributed by atoms with van der Waals surface area (Å²) < 4.78 is 44.0. The van der Waals surface area contributed by atoms with E-state index in [0.29, 0.717) is 21.7 Å². The van der Waals surface area contributed by atoms with Gasteiger partial charge in [-0.15, -0.1) is 11.3 Å². The van der Waals surface area contributed by atoms with Gasteiger partial charge in [-0.2, -0.15) is 13.2 Å². The van der Waals surface area contributed by atoms with Crippen LogP contribution in [-0.4, -0.2) is 18.0 Å². The number of aromatic nitrogens is 1. The highest BCUT2D eigenvalue weighted by Crippen LogP contribution is 2.36. The summed E-state index contributed by atoms with van der Waals surface area (Å²) >= 11 is 1.08. The number of nitrogens with one attached hydrogen (secondary N) is 1. The van der Waals surface area contributed by atoms with Gasteiger partial charge in [0.1, 0.15) is 15.5 Å². The molecule has 0 atom stereocenters. The Morgan fingerprint density at radius 1 is 1.10 bits per heavy atom. The third-order valence-corrected chi connectivity index (χ3v) is 5.73. The van der Waals surface area contributed by atoms with Crippen molar-refractivity contribution in [3.8, 4) is 17.0 Å². The molecule has 0 bridgehead atoms. The van der Waals surface area contributed by atoms with Crippen molar-refractivity contribution in [1.29, 1.82) is 0 Å². The molecular formula is C22H16F3N3O2S. The lowest BCUT2D eigenvalue weighted by Crippen LogP contribution is -2.13. The number of nitrogens with two attached hydrogens (primary N) is 1. The number of anilines is 2. The minimum Gasteiger partial charge on any atom is -0.497 e. The van der Waals surface area contributed by atoms with Crippen molar-refractivity contribution in [3.63, 3.8) is 0 Å². The fourth-order valence-electron chi connectivity index (χ4n) is 3.07. The van der Waals surface area contributed by atoms with Crippen molar-refractivity contribution < 1.29 is 22.7 Å². The van der Waals surface area contributed by atoms with E-state index in [0.717, 1.165) is 29.0 Å². The van der Waals surface area contributed by atoms with E-state index in [1.165, 1.54) is 12.1 Å². The second-order valence-corrected chi connectivity index (χ2v) is 7.66. The number of rotatable bonds is 4. The van der Waals surface area contributed by atoms with Crippen molar-refractivity contribution >= 4 is 38.8 Å². The van der Waals surface area contributed by atoms with Gasteiger partial charge < -0.3 is 15.8 Å². The predicted molar refractivity (Wildman–Crippen MR) is 115 cm³/mol. The third-order valence-electron chi connectivity index (χ3n) is 4.61. The largest absolute Gasteiger partial charge is 0.497 e. The van der Waals surface area contributed by atoms with Crippen LogP contribution in [0.4, 0.5) is 24.5 Å². The zero-order valence-electron chi connectivity index (χ0n) is 16.2. The molecule has 0 unspecified atom stereocenters. The molecule has 0 radical (unpaired) electrons. The average Bonchev–Trinajstić information content (AvgIpc) is 3.09. The molecule has 5 nitrogen and oxygen atoms in total. The number of methoxy groups -OCH3 is 1. The van der Waals surface area contributed by atoms with Crippen LogP contribution in [0.2, 0.25) is 0 Å². The highest BCUT2D eigenvalue weighted by molar-refractivity contribution is 7.21. The zero-order chi connectivity index (χ0) is 22.2. The fraction of sp³-hybridized carbons (Fsp3) is 0.0909. The maximum atomic E-state index is 12.9. The number of nitrogen functional groups attached to an aromatic ring is 1. The third kappa shape index (κ3) is 4.17. The number of hydrogen-bond donors (Lipinski definition) is 2. The molecule has 4 rings (SSSR count). The van der Waals surface area contributed by atoms with Gasteiger partial charge in [-0.25, -0.2) is 4.98 Å². The first-order valence-electron chi connectivity index (χ1n) is 9.08. The first-order chi connectivity index (χ1) is 14.8. The maximum Gasteiger partial charge on any atom is 0.416 e. The second-order valence-electron chi connectivity index (χ2n) is 6.66. The second kappa shape index (κ2) is 7.92. The molecule has 3 N–H and O–H groups in total. The van der Waals surface area contributed by atoms with Crippen LogP contribution in [0, 0.1) is 0 Å². The van der Waals surface area contributed by atoms with Crippen molar-refractivity contribution in [3.05, 3.63) is 71.1 Å². The molecule has 0 aliphatic rings. The monoisotopic (exact) mass is 443 g/mol. The maximum absolute atomic E-state index is 12.9. The van der Waals surface area contributed by atoms with Crippen LogP contribution < -0.4 is 15.8 Å². The summed E-state index contributed by atoms with van der Waals surface area (Å²) in [4.78, 5) is 18.0. The summed E-state index contributed by atoms with van der Waals surface area (Å²) in [6.07, 6.45) is -4.50. The molecule has 0 fully saturated rings. The topological polar surface area (TPSA) is 77.2 Å². The Bertz CT molecular complexity index is 1280. The van der Waals surface area contributed by atoms with Crippen LogP contribution in [0.5, 0.6) is 5.75 Å². The first-order valence-corrected chi connectivity index (χ1v) is 9.90. The van der Waals surface area contributed by atoms with Gasteiger partial charge in [0.25, 0.3) is 5.91 Å². The average molecular weight is 443 g/mol. The Morgan fingerprint density at radius 3 is 2.61 bits per heavy atom. The Morgan fingerprint density at radius 2 is 1.87 bits per heavy atom.